The Balaban J connectivity index is 1.55. The number of hydrogen-bond donors (Lipinski definition) is 1. The fourth-order valence-corrected chi connectivity index (χ4v) is 3.00. The van der Waals surface area contributed by atoms with Crippen LogP contribution in [0.2, 0.25) is 0 Å². The molecule has 0 radical (unpaired) electrons. The van der Waals surface area contributed by atoms with Crippen molar-refractivity contribution in [3.05, 3.63) is 84.3 Å². The van der Waals surface area contributed by atoms with Gasteiger partial charge < -0.3 is 9.88 Å². The molecule has 28 heavy (non-hydrogen) atoms. The van der Waals surface area contributed by atoms with Gasteiger partial charge in [-0.05, 0) is 55.5 Å². The van der Waals surface area contributed by atoms with Gasteiger partial charge in [0.15, 0.2) is 0 Å². The van der Waals surface area contributed by atoms with Gasteiger partial charge in [-0.3, -0.25) is 9.48 Å². The molecular formula is C21H18FN5O. The highest BCUT2D eigenvalue weighted by molar-refractivity contribution is 6.05. The first-order chi connectivity index (χ1) is 13.5. The molecule has 4 aromatic rings. The fourth-order valence-electron chi connectivity index (χ4n) is 3.00. The molecular weight excluding hydrogens is 357 g/mol. The van der Waals surface area contributed by atoms with Gasteiger partial charge in [-0.25, -0.2) is 9.37 Å². The van der Waals surface area contributed by atoms with Gasteiger partial charge in [0.05, 0.1) is 5.69 Å². The number of aromatic nitrogens is 4. The molecule has 0 bridgehead atoms. The lowest BCUT2D eigenvalue weighted by molar-refractivity contribution is 0.102. The van der Waals surface area contributed by atoms with Crippen molar-refractivity contribution < 1.29 is 9.18 Å². The number of amides is 1. The minimum Gasteiger partial charge on any atom is -0.322 e. The van der Waals surface area contributed by atoms with E-state index in [2.05, 4.69) is 15.4 Å². The molecule has 0 aliphatic rings. The zero-order valence-electron chi connectivity index (χ0n) is 15.4. The van der Waals surface area contributed by atoms with Crippen LogP contribution in [0.15, 0.2) is 67.1 Å². The second kappa shape index (κ2) is 7.11. The Morgan fingerprint density at radius 1 is 1.07 bits per heavy atom. The molecule has 0 saturated heterocycles. The van der Waals surface area contributed by atoms with E-state index < -0.39 is 5.82 Å². The fraction of sp³-hybridized carbons (Fsp3) is 0.0952. The van der Waals surface area contributed by atoms with Crippen molar-refractivity contribution in [2.24, 2.45) is 7.05 Å². The van der Waals surface area contributed by atoms with Crippen molar-refractivity contribution in [2.75, 3.05) is 5.32 Å². The van der Waals surface area contributed by atoms with E-state index >= 15 is 0 Å². The highest BCUT2D eigenvalue weighted by Crippen LogP contribution is 2.21. The summed E-state index contributed by atoms with van der Waals surface area (Å²) < 4.78 is 17.6. The molecule has 0 fully saturated rings. The Bertz CT molecular complexity index is 1140. The van der Waals surface area contributed by atoms with E-state index in [4.69, 9.17) is 0 Å². The molecule has 140 valence electrons. The summed E-state index contributed by atoms with van der Waals surface area (Å²) in [7, 11) is 1.78. The van der Waals surface area contributed by atoms with E-state index in [0.717, 1.165) is 11.5 Å². The van der Waals surface area contributed by atoms with E-state index in [1.807, 2.05) is 29.8 Å². The van der Waals surface area contributed by atoms with Crippen molar-refractivity contribution >= 4 is 11.6 Å². The zero-order chi connectivity index (χ0) is 19.7. The van der Waals surface area contributed by atoms with Crippen molar-refractivity contribution in [3.63, 3.8) is 0 Å². The number of carbonyl (C=O) groups excluding carboxylic acids is 1. The molecule has 2 aromatic heterocycles. The summed E-state index contributed by atoms with van der Waals surface area (Å²) in [6, 6.07) is 13.3. The largest absolute Gasteiger partial charge is 0.322 e. The summed E-state index contributed by atoms with van der Waals surface area (Å²) in [6.07, 6.45) is 5.37. The van der Waals surface area contributed by atoms with Crippen molar-refractivity contribution in [1.82, 2.24) is 19.3 Å². The zero-order valence-corrected chi connectivity index (χ0v) is 15.4. The van der Waals surface area contributed by atoms with Crippen molar-refractivity contribution in [1.29, 1.82) is 0 Å². The lowest BCUT2D eigenvalue weighted by Gasteiger charge is -2.09. The Morgan fingerprint density at radius 2 is 1.86 bits per heavy atom. The maximum Gasteiger partial charge on any atom is 0.255 e. The van der Waals surface area contributed by atoms with Crippen LogP contribution in [-0.2, 0) is 7.05 Å². The number of anilines is 1. The molecule has 0 saturated carbocycles. The van der Waals surface area contributed by atoms with Crippen LogP contribution in [0.1, 0.15) is 16.2 Å². The molecule has 2 aromatic carbocycles. The molecule has 6 nitrogen and oxygen atoms in total. The number of hydrogen-bond acceptors (Lipinski definition) is 3. The number of halogens is 1. The molecule has 4 rings (SSSR count). The normalized spacial score (nSPS) is 10.8. The first-order valence-electron chi connectivity index (χ1n) is 8.72. The van der Waals surface area contributed by atoms with Gasteiger partial charge in [0.1, 0.15) is 11.6 Å². The molecule has 0 aliphatic heterocycles. The van der Waals surface area contributed by atoms with E-state index in [0.29, 0.717) is 16.9 Å². The number of aryl methyl sites for hydroxylation is 2. The van der Waals surface area contributed by atoms with Crippen LogP contribution in [0, 0.1) is 12.7 Å². The SMILES string of the molecule is Cc1nccn1-c1ccc(NC(=O)c2cc(F)cc(-c3ccn(C)n3)c2)cc1. The van der Waals surface area contributed by atoms with Crippen LogP contribution in [-0.4, -0.2) is 25.2 Å². The second-order valence-corrected chi connectivity index (χ2v) is 6.45. The van der Waals surface area contributed by atoms with Crippen LogP contribution >= 0.6 is 0 Å². The van der Waals surface area contributed by atoms with Gasteiger partial charge in [0, 0.05) is 48.1 Å². The van der Waals surface area contributed by atoms with Gasteiger partial charge >= 0.3 is 0 Å². The number of rotatable bonds is 4. The number of imidazole rings is 1. The number of nitrogens with zero attached hydrogens (tertiary/aromatic N) is 4. The number of benzene rings is 2. The maximum absolute atomic E-state index is 14.0. The molecule has 0 spiro atoms. The molecule has 7 heteroatoms. The Kier molecular flexibility index (Phi) is 4.49. The molecule has 0 atom stereocenters. The van der Waals surface area contributed by atoms with Crippen LogP contribution < -0.4 is 5.32 Å². The minimum absolute atomic E-state index is 0.232. The van der Waals surface area contributed by atoms with E-state index in [1.165, 1.54) is 12.1 Å². The maximum atomic E-state index is 14.0. The molecule has 0 aliphatic carbocycles. The highest BCUT2D eigenvalue weighted by Gasteiger charge is 2.12. The monoisotopic (exact) mass is 375 g/mol. The lowest BCUT2D eigenvalue weighted by atomic mass is 10.1. The Labute approximate surface area is 161 Å². The van der Waals surface area contributed by atoms with Gasteiger partial charge in [-0.15, -0.1) is 0 Å². The Morgan fingerprint density at radius 3 is 2.50 bits per heavy atom. The van der Waals surface area contributed by atoms with Gasteiger partial charge in [-0.2, -0.15) is 5.10 Å². The van der Waals surface area contributed by atoms with Gasteiger partial charge in [-0.1, -0.05) is 0 Å². The minimum atomic E-state index is -0.487. The summed E-state index contributed by atoms with van der Waals surface area (Å²) in [5.74, 6) is 0.000994. The average molecular weight is 375 g/mol. The van der Waals surface area contributed by atoms with Gasteiger partial charge in [0.2, 0.25) is 0 Å². The third-order valence-corrected chi connectivity index (χ3v) is 4.40. The summed E-state index contributed by atoms with van der Waals surface area (Å²) in [5.41, 5.74) is 2.95. The Hall–Kier alpha value is -3.74. The van der Waals surface area contributed by atoms with Crippen molar-refractivity contribution in [2.45, 2.75) is 6.92 Å². The van der Waals surface area contributed by atoms with E-state index in [1.54, 1.807) is 48.4 Å². The molecule has 2 heterocycles. The second-order valence-electron chi connectivity index (χ2n) is 6.45. The molecule has 0 unspecified atom stereocenters. The lowest BCUT2D eigenvalue weighted by Crippen LogP contribution is -2.12. The quantitative estimate of drug-likeness (QED) is 0.587. The smallest absolute Gasteiger partial charge is 0.255 e. The van der Waals surface area contributed by atoms with Crippen LogP contribution in [0.3, 0.4) is 0 Å². The van der Waals surface area contributed by atoms with E-state index in [9.17, 15) is 9.18 Å². The summed E-state index contributed by atoms with van der Waals surface area (Å²) in [5, 5.41) is 7.06. The summed E-state index contributed by atoms with van der Waals surface area (Å²) >= 11 is 0. The average Bonchev–Trinajstić information content (AvgIpc) is 3.30. The summed E-state index contributed by atoms with van der Waals surface area (Å²) in [6.45, 7) is 1.92. The predicted octanol–water partition coefficient (Wildman–Crippen LogP) is 3.97. The first kappa shape index (κ1) is 17.7. The van der Waals surface area contributed by atoms with Gasteiger partial charge in [0.25, 0.3) is 5.91 Å². The standard InChI is InChI=1S/C21H18FN5O/c1-14-23-8-10-27(14)19-5-3-18(4-6-19)24-21(28)16-11-15(12-17(22)13-16)20-7-9-26(2)25-20/h3-13H,1-2H3,(H,24,28). The van der Waals surface area contributed by atoms with Crippen LogP contribution in [0.4, 0.5) is 10.1 Å². The first-order valence-corrected chi connectivity index (χ1v) is 8.72. The molecule has 1 N–H and O–H groups in total. The molecule has 1 amide bonds. The number of nitrogens with one attached hydrogen (secondary N) is 1. The van der Waals surface area contributed by atoms with Crippen molar-refractivity contribution in [3.8, 4) is 16.9 Å². The van der Waals surface area contributed by atoms with E-state index in [-0.39, 0.29) is 11.5 Å². The van der Waals surface area contributed by atoms with Crippen LogP contribution in [0.5, 0.6) is 0 Å². The number of carbonyl (C=O) groups is 1. The predicted molar refractivity (Wildman–Crippen MR) is 105 cm³/mol. The van der Waals surface area contributed by atoms with Crippen LogP contribution in [0.25, 0.3) is 16.9 Å². The summed E-state index contributed by atoms with van der Waals surface area (Å²) in [4.78, 5) is 16.8. The third-order valence-electron chi connectivity index (χ3n) is 4.40. The highest BCUT2D eigenvalue weighted by atomic mass is 19.1. The third kappa shape index (κ3) is 3.55. The topological polar surface area (TPSA) is 64.7 Å².